The first-order valence-corrected chi connectivity index (χ1v) is 7.90. The SMILES string of the molecule is CCC1CCCC(N2CCCN(CCO)CC2)C1. The Hall–Kier alpha value is -0.120. The largest absolute Gasteiger partial charge is 0.395 e. The molecule has 1 saturated heterocycles. The highest BCUT2D eigenvalue weighted by molar-refractivity contribution is 4.82. The molecule has 0 aromatic rings. The first kappa shape index (κ1) is 14.3. The molecular weight excluding hydrogens is 224 g/mol. The van der Waals surface area contributed by atoms with Crippen LogP contribution in [-0.2, 0) is 0 Å². The van der Waals surface area contributed by atoms with Crippen LogP contribution in [-0.4, -0.2) is 60.3 Å². The topological polar surface area (TPSA) is 26.7 Å². The average molecular weight is 254 g/mol. The Labute approximate surface area is 112 Å². The third kappa shape index (κ3) is 3.94. The Kier molecular flexibility index (Phi) is 5.93. The Bertz CT molecular complexity index is 235. The molecule has 1 heterocycles. The molecule has 0 aromatic heterocycles. The molecular formula is C15H30N2O. The summed E-state index contributed by atoms with van der Waals surface area (Å²) in [6.45, 7) is 8.30. The first-order valence-electron chi connectivity index (χ1n) is 7.90. The lowest BCUT2D eigenvalue weighted by Crippen LogP contribution is -2.41. The minimum absolute atomic E-state index is 0.307. The van der Waals surface area contributed by atoms with Crippen molar-refractivity contribution >= 4 is 0 Å². The number of aliphatic hydroxyl groups excluding tert-OH is 1. The lowest BCUT2D eigenvalue weighted by Gasteiger charge is -2.36. The normalized spacial score (nSPS) is 32.3. The quantitative estimate of drug-likeness (QED) is 0.831. The summed E-state index contributed by atoms with van der Waals surface area (Å²) in [5.41, 5.74) is 0. The van der Waals surface area contributed by atoms with Crippen LogP contribution in [0.15, 0.2) is 0 Å². The molecule has 0 spiro atoms. The van der Waals surface area contributed by atoms with Gasteiger partial charge in [-0.15, -0.1) is 0 Å². The fourth-order valence-electron chi connectivity index (χ4n) is 3.69. The van der Waals surface area contributed by atoms with Crippen LogP contribution >= 0.6 is 0 Å². The van der Waals surface area contributed by atoms with Crippen LogP contribution in [0.1, 0.15) is 45.4 Å². The Morgan fingerprint density at radius 1 is 1.06 bits per heavy atom. The van der Waals surface area contributed by atoms with Crippen LogP contribution < -0.4 is 0 Å². The lowest BCUT2D eigenvalue weighted by atomic mass is 9.83. The van der Waals surface area contributed by atoms with E-state index in [2.05, 4.69) is 16.7 Å². The molecule has 2 aliphatic rings. The first-order chi connectivity index (χ1) is 8.83. The van der Waals surface area contributed by atoms with E-state index in [1.54, 1.807) is 0 Å². The molecule has 1 N–H and O–H groups in total. The predicted octanol–water partition coefficient (Wildman–Crippen LogP) is 1.96. The molecule has 2 unspecified atom stereocenters. The molecule has 0 aromatic carbocycles. The second kappa shape index (κ2) is 7.46. The van der Waals surface area contributed by atoms with Gasteiger partial charge in [0.1, 0.15) is 0 Å². The van der Waals surface area contributed by atoms with Gasteiger partial charge in [-0.25, -0.2) is 0 Å². The van der Waals surface area contributed by atoms with Crippen LogP contribution in [0.25, 0.3) is 0 Å². The van der Waals surface area contributed by atoms with Gasteiger partial charge in [-0.2, -0.15) is 0 Å². The summed E-state index contributed by atoms with van der Waals surface area (Å²) in [5, 5.41) is 9.04. The molecule has 3 heteroatoms. The third-order valence-corrected chi connectivity index (χ3v) is 4.89. The maximum Gasteiger partial charge on any atom is 0.0558 e. The van der Waals surface area contributed by atoms with Gasteiger partial charge in [-0.3, -0.25) is 9.80 Å². The molecule has 0 amide bonds. The van der Waals surface area contributed by atoms with E-state index in [-0.39, 0.29) is 0 Å². The maximum absolute atomic E-state index is 9.04. The monoisotopic (exact) mass is 254 g/mol. The zero-order chi connectivity index (χ0) is 12.8. The zero-order valence-electron chi connectivity index (χ0n) is 12.0. The standard InChI is InChI=1S/C15H30N2O/c1-2-14-5-3-6-15(13-14)17-8-4-7-16(9-10-17)11-12-18/h14-15,18H,2-13H2,1H3. The van der Waals surface area contributed by atoms with Gasteiger partial charge in [-0.05, 0) is 38.3 Å². The van der Waals surface area contributed by atoms with Gasteiger partial charge in [0.15, 0.2) is 0 Å². The number of rotatable bonds is 4. The summed E-state index contributed by atoms with van der Waals surface area (Å²) in [6.07, 6.45) is 8.36. The number of aliphatic hydroxyl groups is 1. The Morgan fingerprint density at radius 2 is 1.94 bits per heavy atom. The number of hydrogen-bond acceptors (Lipinski definition) is 3. The van der Waals surface area contributed by atoms with Crippen molar-refractivity contribution in [2.24, 2.45) is 5.92 Å². The number of nitrogens with zero attached hydrogens (tertiary/aromatic N) is 2. The Morgan fingerprint density at radius 3 is 2.72 bits per heavy atom. The molecule has 2 atom stereocenters. The van der Waals surface area contributed by atoms with Crippen molar-refractivity contribution in [2.45, 2.75) is 51.5 Å². The summed E-state index contributed by atoms with van der Waals surface area (Å²) >= 11 is 0. The number of β-amino-alcohol motifs (C(OH)–C–C–N with tert-alkyl or cyclic N) is 1. The van der Waals surface area contributed by atoms with Gasteiger partial charge in [0.05, 0.1) is 6.61 Å². The maximum atomic E-state index is 9.04. The highest BCUT2D eigenvalue weighted by Crippen LogP contribution is 2.30. The van der Waals surface area contributed by atoms with Crippen molar-refractivity contribution in [1.82, 2.24) is 9.80 Å². The summed E-state index contributed by atoms with van der Waals surface area (Å²) in [5.74, 6) is 0.973. The summed E-state index contributed by atoms with van der Waals surface area (Å²) in [4.78, 5) is 5.15. The summed E-state index contributed by atoms with van der Waals surface area (Å²) in [7, 11) is 0. The molecule has 106 valence electrons. The van der Waals surface area contributed by atoms with E-state index in [0.717, 1.165) is 25.0 Å². The van der Waals surface area contributed by atoms with Gasteiger partial charge >= 0.3 is 0 Å². The zero-order valence-corrected chi connectivity index (χ0v) is 12.0. The van der Waals surface area contributed by atoms with Crippen LogP contribution in [0, 0.1) is 5.92 Å². The van der Waals surface area contributed by atoms with Gasteiger partial charge in [0.2, 0.25) is 0 Å². The fourth-order valence-corrected chi connectivity index (χ4v) is 3.69. The predicted molar refractivity (Wildman–Crippen MR) is 75.8 cm³/mol. The van der Waals surface area contributed by atoms with Gasteiger partial charge in [-0.1, -0.05) is 26.2 Å². The molecule has 1 aliphatic heterocycles. The van der Waals surface area contributed by atoms with Crippen molar-refractivity contribution in [2.75, 3.05) is 39.3 Å². The van der Waals surface area contributed by atoms with E-state index in [1.165, 1.54) is 58.2 Å². The second-order valence-electron chi connectivity index (χ2n) is 6.05. The summed E-state index contributed by atoms with van der Waals surface area (Å²) in [6, 6.07) is 0.845. The van der Waals surface area contributed by atoms with E-state index in [0.29, 0.717) is 6.61 Å². The lowest BCUT2D eigenvalue weighted by molar-refractivity contribution is 0.129. The van der Waals surface area contributed by atoms with Crippen LogP contribution in [0.5, 0.6) is 0 Å². The van der Waals surface area contributed by atoms with Gasteiger partial charge < -0.3 is 5.11 Å². The molecule has 1 aliphatic carbocycles. The number of hydrogen-bond donors (Lipinski definition) is 1. The van der Waals surface area contributed by atoms with Crippen molar-refractivity contribution in [3.63, 3.8) is 0 Å². The van der Waals surface area contributed by atoms with Crippen LogP contribution in [0.2, 0.25) is 0 Å². The average Bonchev–Trinajstić information content (AvgIpc) is 2.65. The van der Waals surface area contributed by atoms with Gasteiger partial charge in [0, 0.05) is 25.7 Å². The molecule has 18 heavy (non-hydrogen) atoms. The highest BCUT2D eigenvalue weighted by atomic mass is 16.3. The molecule has 2 rings (SSSR count). The smallest absolute Gasteiger partial charge is 0.0558 e. The highest BCUT2D eigenvalue weighted by Gasteiger charge is 2.27. The molecule has 1 saturated carbocycles. The molecule has 0 bridgehead atoms. The van der Waals surface area contributed by atoms with Gasteiger partial charge in [0.25, 0.3) is 0 Å². The van der Waals surface area contributed by atoms with E-state index in [4.69, 9.17) is 5.11 Å². The van der Waals surface area contributed by atoms with E-state index in [9.17, 15) is 0 Å². The molecule has 3 nitrogen and oxygen atoms in total. The Balaban J connectivity index is 1.81. The molecule has 2 fully saturated rings. The van der Waals surface area contributed by atoms with E-state index < -0.39 is 0 Å². The second-order valence-corrected chi connectivity index (χ2v) is 6.05. The van der Waals surface area contributed by atoms with Crippen LogP contribution in [0.4, 0.5) is 0 Å². The minimum Gasteiger partial charge on any atom is -0.395 e. The van der Waals surface area contributed by atoms with E-state index >= 15 is 0 Å². The fraction of sp³-hybridized carbons (Fsp3) is 1.00. The minimum atomic E-state index is 0.307. The summed E-state index contributed by atoms with van der Waals surface area (Å²) < 4.78 is 0. The van der Waals surface area contributed by atoms with Crippen LogP contribution in [0.3, 0.4) is 0 Å². The van der Waals surface area contributed by atoms with E-state index in [1.807, 2.05) is 0 Å². The van der Waals surface area contributed by atoms with Crippen molar-refractivity contribution < 1.29 is 5.11 Å². The van der Waals surface area contributed by atoms with Crippen molar-refractivity contribution in [1.29, 1.82) is 0 Å². The van der Waals surface area contributed by atoms with Crippen molar-refractivity contribution in [3.05, 3.63) is 0 Å². The third-order valence-electron chi connectivity index (χ3n) is 4.89. The van der Waals surface area contributed by atoms with Crippen molar-refractivity contribution in [3.8, 4) is 0 Å². The molecule has 0 radical (unpaired) electrons.